The molecule has 0 unspecified atom stereocenters. The quantitative estimate of drug-likeness (QED) is 0.471. The van der Waals surface area contributed by atoms with E-state index in [-0.39, 0.29) is 42.1 Å². The van der Waals surface area contributed by atoms with Gasteiger partial charge in [0.25, 0.3) is 0 Å². The van der Waals surface area contributed by atoms with E-state index in [0.29, 0.717) is 18.0 Å². The highest BCUT2D eigenvalue weighted by molar-refractivity contribution is 7.89. The van der Waals surface area contributed by atoms with Gasteiger partial charge < -0.3 is 10.2 Å². The number of carbonyl (C=O) groups is 2. The Morgan fingerprint density at radius 2 is 1.71 bits per heavy atom. The van der Waals surface area contributed by atoms with Crippen molar-refractivity contribution in [2.24, 2.45) is 5.92 Å². The lowest BCUT2D eigenvalue weighted by molar-refractivity contribution is -0.140. The molecule has 2 amide bonds. The molecule has 0 spiro atoms. The molecule has 0 radical (unpaired) electrons. The Kier molecular flexibility index (Phi) is 10.5. The molecule has 34 heavy (non-hydrogen) atoms. The molecule has 0 bridgehead atoms. The fourth-order valence-electron chi connectivity index (χ4n) is 3.36. The van der Waals surface area contributed by atoms with Crippen LogP contribution in [0.25, 0.3) is 0 Å². The van der Waals surface area contributed by atoms with E-state index in [2.05, 4.69) is 5.32 Å². The Hall–Kier alpha value is -2.42. The summed E-state index contributed by atoms with van der Waals surface area (Å²) in [5.74, 6) is -0.166. The van der Waals surface area contributed by atoms with Crippen molar-refractivity contribution in [1.29, 1.82) is 0 Å². The molecule has 1 atom stereocenters. The van der Waals surface area contributed by atoms with E-state index in [4.69, 9.17) is 11.6 Å². The Morgan fingerprint density at radius 3 is 2.32 bits per heavy atom. The van der Waals surface area contributed by atoms with Crippen LogP contribution in [0.3, 0.4) is 0 Å². The molecule has 0 aliphatic carbocycles. The van der Waals surface area contributed by atoms with E-state index in [1.165, 1.54) is 16.3 Å². The number of hydrogen-bond acceptors (Lipinski definition) is 4. The smallest absolute Gasteiger partial charge is 0.242 e. The molecule has 0 aliphatic heterocycles. The van der Waals surface area contributed by atoms with Gasteiger partial charge in [-0.25, -0.2) is 12.7 Å². The molecule has 0 saturated carbocycles. The number of benzene rings is 2. The van der Waals surface area contributed by atoms with Crippen LogP contribution in [0.2, 0.25) is 5.02 Å². The van der Waals surface area contributed by atoms with Crippen LogP contribution >= 0.6 is 11.6 Å². The molecular weight excluding hydrogens is 474 g/mol. The summed E-state index contributed by atoms with van der Waals surface area (Å²) in [6.45, 7) is 6.63. The number of sulfonamides is 1. The van der Waals surface area contributed by atoms with Gasteiger partial charge in [-0.05, 0) is 49.1 Å². The predicted octanol–water partition coefficient (Wildman–Crippen LogP) is 3.93. The highest BCUT2D eigenvalue weighted by Crippen LogP contribution is 2.17. The molecule has 0 aliphatic rings. The molecule has 9 heteroatoms. The van der Waals surface area contributed by atoms with Crippen LogP contribution in [-0.2, 0) is 26.2 Å². The molecule has 2 aromatic rings. The topological polar surface area (TPSA) is 86.8 Å². The maximum Gasteiger partial charge on any atom is 0.242 e. The van der Waals surface area contributed by atoms with Gasteiger partial charge in [-0.3, -0.25) is 9.59 Å². The molecule has 0 heterocycles. The SMILES string of the molecule is CC(C)CNC(=O)[C@@H](C)N(Cc1cccc(Cl)c1)C(=O)CCCN(C)S(=O)(=O)c1ccccc1. The second-order valence-corrected chi connectivity index (χ2v) is 11.2. The second-order valence-electron chi connectivity index (χ2n) is 8.71. The minimum Gasteiger partial charge on any atom is -0.354 e. The van der Waals surface area contributed by atoms with Gasteiger partial charge in [0.15, 0.2) is 0 Å². The summed E-state index contributed by atoms with van der Waals surface area (Å²) in [5, 5.41) is 3.43. The van der Waals surface area contributed by atoms with E-state index < -0.39 is 16.1 Å². The largest absolute Gasteiger partial charge is 0.354 e. The van der Waals surface area contributed by atoms with Crippen LogP contribution in [-0.4, -0.2) is 55.6 Å². The number of hydrogen-bond donors (Lipinski definition) is 1. The fraction of sp³-hybridized carbons (Fsp3) is 0.440. The van der Waals surface area contributed by atoms with Gasteiger partial charge in [-0.1, -0.05) is 55.8 Å². The highest BCUT2D eigenvalue weighted by atomic mass is 35.5. The first kappa shape index (κ1) is 27.8. The normalized spacial score (nSPS) is 12.6. The van der Waals surface area contributed by atoms with E-state index in [1.807, 2.05) is 19.9 Å². The van der Waals surface area contributed by atoms with Crippen molar-refractivity contribution in [2.75, 3.05) is 20.1 Å². The molecule has 7 nitrogen and oxygen atoms in total. The van der Waals surface area contributed by atoms with Crippen molar-refractivity contribution in [3.05, 3.63) is 65.2 Å². The molecule has 0 fully saturated rings. The number of rotatable bonds is 12. The first-order valence-electron chi connectivity index (χ1n) is 11.4. The van der Waals surface area contributed by atoms with Gasteiger partial charge >= 0.3 is 0 Å². The first-order valence-corrected chi connectivity index (χ1v) is 13.2. The maximum absolute atomic E-state index is 13.2. The summed E-state index contributed by atoms with van der Waals surface area (Å²) < 4.78 is 26.7. The summed E-state index contributed by atoms with van der Waals surface area (Å²) in [4.78, 5) is 27.6. The van der Waals surface area contributed by atoms with Crippen molar-refractivity contribution in [3.63, 3.8) is 0 Å². The first-order chi connectivity index (χ1) is 16.0. The number of nitrogens with zero attached hydrogens (tertiary/aromatic N) is 2. The third-order valence-corrected chi connectivity index (χ3v) is 7.52. The second kappa shape index (κ2) is 12.9. The summed E-state index contributed by atoms with van der Waals surface area (Å²) in [7, 11) is -2.13. The zero-order valence-corrected chi connectivity index (χ0v) is 21.8. The Bertz CT molecular complexity index is 1060. The van der Waals surface area contributed by atoms with Crippen LogP contribution < -0.4 is 5.32 Å². The summed E-state index contributed by atoms with van der Waals surface area (Å²) in [6, 6.07) is 14.7. The van der Waals surface area contributed by atoms with Crippen LogP contribution in [0.5, 0.6) is 0 Å². The van der Waals surface area contributed by atoms with Crippen LogP contribution in [0.15, 0.2) is 59.5 Å². The lowest BCUT2D eigenvalue weighted by Gasteiger charge is -2.29. The average Bonchev–Trinajstić information content (AvgIpc) is 2.80. The highest BCUT2D eigenvalue weighted by Gasteiger charge is 2.27. The molecular formula is C25H34ClN3O4S. The van der Waals surface area contributed by atoms with Crippen molar-refractivity contribution in [2.45, 2.75) is 51.1 Å². The zero-order chi connectivity index (χ0) is 25.3. The van der Waals surface area contributed by atoms with Crippen LogP contribution in [0.1, 0.15) is 39.2 Å². The third kappa shape index (κ3) is 8.11. The predicted molar refractivity (Wildman–Crippen MR) is 135 cm³/mol. The van der Waals surface area contributed by atoms with Gasteiger partial charge in [0.05, 0.1) is 4.90 Å². The van der Waals surface area contributed by atoms with Gasteiger partial charge in [0, 0.05) is 38.1 Å². The van der Waals surface area contributed by atoms with Crippen molar-refractivity contribution in [1.82, 2.24) is 14.5 Å². The van der Waals surface area contributed by atoms with E-state index in [0.717, 1.165) is 5.56 Å². The molecule has 0 aromatic heterocycles. The van der Waals surface area contributed by atoms with Gasteiger partial charge in [0.1, 0.15) is 6.04 Å². The van der Waals surface area contributed by atoms with E-state index in [1.54, 1.807) is 55.5 Å². The Labute approximate surface area is 208 Å². The molecule has 2 rings (SSSR count). The Morgan fingerprint density at radius 1 is 1.03 bits per heavy atom. The summed E-state index contributed by atoms with van der Waals surface area (Å²) in [5.41, 5.74) is 0.813. The average molecular weight is 508 g/mol. The van der Waals surface area contributed by atoms with Crippen LogP contribution in [0.4, 0.5) is 0 Å². The van der Waals surface area contributed by atoms with Crippen molar-refractivity contribution < 1.29 is 18.0 Å². The fourth-order valence-corrected chi connectivity index (χ4v) is 4.80. The minimum absolute atomic E-state index is 0.108. The minimum atomic E-state index is -3.63. The van der Waals surface area contributed by atoms with Gasteiger partial charge in [-0.15, -0.1) is 0 Å². The van der Waals surface area contributed by atoms with Crippen molar-refractivity contribution >= 4 is 33.4 Å². The molecule has 186 valence electrons. The van der Waals surface area contributed by atoms with E-state index in [9.17, 15) is 18.0 Å². The zero-order valence-electron chi connectivity index (χ0n) is 20.2. The maximum atomic E-state index is 13.2. The third-order valence-electron chi connectivity index (χ3n) is 5.41. The lowest BCUT2D eigenvalue weighted by Crippen LogP contribution is -2.48. The molecule has 0 saturated heterocycles. The Balaban J connectivity index is 2.07. The lowest BCUT2D eigenvalue weighted by atomic mass is 10.1. The van der Waals surface area contributed by atoms with Crippen LogP contribution in [0, 0.1) is 5.92 Å². The monoisotopic (exact) mass is 507 g/mol. The number of halogens is 1. The standard InChI is InChI=1S/C25H34ClN3O4S/c1-19(2)17-27-25(31)20(3)29(18-21-10-8-11-22(26)16-21)24(30)14-9-15-28(4)34(32,33)23-12-6-5-7-13-23/h5-8,10-13,16,19-20H,9,14-15,17-18H2,1-4H3,(H,27,31)/t20-/m1/s1. The van der Waals surface area contributed by atoms with Gasteiger partial charge in [-0.2, -0.15) is 0 Å². The summed E-state index contributed by atoms with van der Waals surface area (Å²) >= 11 is 6.10. The summed E-state index contributed by atoms with van der Waals surface area (Å²) in [6.07, 6.45) is 0.435. The number of carbonyl (C=O) groups excluding carboxylic acids is 2. The molecule has 1 N–H and O–H groups in total. The van der Waals surface area contributed by atoms with Crippen molar-refractivity contribution in [3.8, 4) is 0 Å². The number of amides is 2. The van der Waals surface area contributed by atoms with E-state index >= 15 is 0 Å². The van der Waals surface area contributed by atoms with Gasteiger partial charge in [0.2, 0.25) is 21.8 Å². The molecule has 2 aromatic carbocycles. The number of nitrogens with one attached hydrogen (secondary N) is 1.